The Morgan fingerprint density at radius 2 is 1.79 bits per heavy atom. The Bertz CT molecular complexity index is 973. The number of nitrogens with one attached hydrogen (secondary N) is 2. The Morgan fingerprint density at radius 3 is 2.46 bits per heavy atom. The summed E-state index contributed by atoms with van der Waals surface area (Å²) in [7, 11) is 0. The van der Waals surface area contributed by atoms with Gasteiger partial charge in [0.2, 0.25) is 5.95 Å². The number of aromatic nitrogens is 4. The van der Waals surface area contributed by atoms with Gasteiger partial charge in [0.05, 0.1) is 18.1 Å². The molecule has 2 N–H and O–H groups in total. The fourth-order valence-corrected chi connectivity index (χ4v) is 3.74. The first kappa shape index (κ1) is 18.5. The first-order valence-corrected chi connectivity index (χ1v) is 10.5. The quantitative estimate of drug-likeness (QED) is 0.621. The molecule has 2 atom stereocenters. The summed E-state index contributed by atoms with van der Waals surface area (Å²) in [5.74, 6) is 1.50. The first-order chi connectivity index (χ1) is 13.7. The Hall–Kier alpha value is -2.87. The molecule has 0 spiro atoms. The third-order valence-corrected chi connectivity index (χ3v) is 5.54. The van der Waals surface area contributed by atoms with Crippen LogP contribution >= 0.6 is 11.8 Å². The predicted octanol–water partition coefficient (Wildman–Crippen LogP) is 3.19. The van der Waals surface area contributed by atoms with Crippen molar-refractivity contribution < 1.29 is 0 Å². The molecule has 1 fully saturated rings. The van der Waals surface area contributed by atoms with Gasteiger partial charge in [-0.1, -0.05) is 6.07 Å². The van der Waals surface area contributed by atoms with Gasteiger partial charge in [0.1, 0.15) is 5.82 Å². The van der Waals surface area contributed by atoms with E-state index in [1.54, 1.807) is 36.4 Å². The molecule has 0 aliphatic heterocycles. The topological polar surface area (TPSA) is 84.7 Å². The average molecular weight is 395 g/mol. The van der Waals surface area contributed by atoms with Crippen LogP contribution in [0.15, 0.2) is 64.8 Å². The van der Waals surface area contributed by atoms with Gasteiger partial charge < -0.3 is 10.6 Å². The molecule has 3 aromatic rings. The van der Waals surface area contributed by atoms with E-state index in [2.05, 4.69) is 31.7 Å². The van der Waals surface area contributed by atoms with Gasteiger partial charge in [0.15, 0.2) is 0 Å². The van der Waals surface area contributed by atoms with Crippen LogP contribution in [-0.2, 0) is 0 Å². The molecule has 8 heteroatoms. The predicted molar refractivity (Wildman–Crippen MR) is 112 cm³/mol. The number of pyridine rings is 2. The SMILES string of the molecule is CSc1ccc(N[C@H]2CC[C@H](Nc3ncc(-n4ccccc4=O)cn3)C2)nc1. The summed E-state index contributed by atoms with van der Waals surface area (Å²) in [6.45, 7) is 0. The molecular formula is C20H22N6OS. The number of thioether (sulfide) groups is 1. The van der Waals surface area contributed by atoms with Crippen molar-refractivity contribution in [1.82, 2.24) is 19.5 Å². The van der Waals surface area contributed by atoms with Gasteiger partial charge in [0, 0.05) is 35.4 Å². The van der Waals surface area contributed by atoms with Crippen molar-refractivity contribution in [2.24, 2.45) is 0 Å². The van der Waals surface area contributed by atoms with Crippen LogP contribution in [0, 0.1) is 0 Å². The van der Waals surface area contributed by atoms with Crippen LogP contribution in [0.4, 0.5) is 11.8 Å². The van der Waals surface area contributed by atoms with E-state index in [4.69, 9.17) is 0 Å². The summed E-state index contributed by atoms with van der Waals surface area (Å²) in [4.78, 5) is 26.2. The van der Waals surface area contributed by atoms with Crippen molar-refractivity contribution in [3.63, 3.8) is 0 Å². The maximum Gasteiger partial charge on any atom is 0.255 e. The number of hydrogen-bond donors (Lipinski definition) is 2. The zero-order valence-electron chi connectivity index (χ0n) is 15.6. The summed E-state index contributed by atoms with van der Waals surface area (Å²) in [6.07, 6.45) is 12.1. The molecule has 0 bridgehead atoms. The van der Waals surface area contributed by atoms with E-state index in [-0.39, 0.29) is 5.56 Å². The van der Waals surface area contributed by atoms with Gasteiger partial charge in [-0.05, 0) is 43.7 Å². The van der Waals surface area contributed by atoms with Gasteiger partial charge in [-0.25, -0.2) is 15.0 Å². The van der Waals surface area contributed by atoms with Crippen molar-refractivity contribution in [2.45, 2.75) is 36.2 Å². The normalized spacial score (nSPS) is 18.8. The van der Waals surface area contributed by atoms with Gasteiger partial charge in [-0.3, -0.25) is 9.36 Å². The van der Waals surface area contributed by atoms with Crippen LogP contribution in [0.5, 0.6) is 0 Å². The van der Waals surface area contributed by atoms with Crippen molar-refractivity contribution in [1.29, 1.82) is 0 Å². The second-order valence-corrected chi connectivity index (χ2v) is 7.63. The number of anilines is 2. The molecule has 0 saturated heterocycles. The molecule has 1 aliphatic carbocycles. The van der Waals surface area contributed by atoms with Crippen molar-refractivity contribution >= 4 is 23.5 Å². The molecule has 4 rings (SSSR count). The first-order valence-electron chi connectivity index (χ1n) is 9.24. The lowest BCUT2D eigenvalue weighted by molar-refractivity contribution is 0.716. The van der Waals surface area contributed by atoms with Gasteiger partial charge in [-0.15, -0.1) is 11.8 Å². The van der Waals surface area contributed by atoms with E-state index in [1.165, 1.54) is 10.6 Å². The molecular weight excluding hydrogens is 372 g/mol. The lowest BCUT2D eigenvalue weighted by Crippen LogP contribution is -2.22. The van der Waals surface area contributed by atoms with Crippen LogP contribution in [0.2, 0.25) is 0 Å². The van der Waals surface area contributed by atoms with E-state index in [0.717, 1.165) is 30.0 Å². The summed E-state index contributed by atoms with van der Waals surface area (Å²) in [5, 5.41) is 6.90. The molecule has 0 aromatic carbocycles. The van der Waals surface area contributed by atoms with Crippen LogP contribution in [0.3, 0.4) is 0 Å². The van der Waals surface area contributed by atoms with Crippen molar-refractivity contribution in [3.8, 4) is 5.69 Å². The zero-order chi connectivity index (χ0) is 19.3. The van der Waals surface area contributed by atoms with E-state index in [1.807, 2.05) is 24.6 Å². The molecule has 28 heavy (non-hydrogen) atoms. The minimum absolute atomic E-state index is 0.101. The van der Waals surface area contributed by atoms with Crippen LogP contribution in [0.1, 0.15) is 19.3 Å². The largest absolute Gasteiger partial charge is 0.367 e. The molecule has 0 unspecified atom stereocenters. The standard InChI is InChI=1S/C20H22N6OS/c1-28-17-7-8-18(21-13-17)24-14-5-6-15(10-14)25-20-22-11-16(12-23-20)26-9-3-2-4-19(26)27/h2-4,7-9,11-15H,5-6,10H2,1H3,(H,21,24)(H,22,23,25)/t14-,15-/m0/s1. The number of rotatable bonds is 6. The fourth-order valence-electron chi connectivity index (χ4n) is 3.38. The van der Waals surface area contributed by atoms with Gasteiger partial charge in [-0.2, -0.15) is 0 Å². The fraction of sp³-hybridized carbons (Fsp3) is 0.300. The molecule has 1 saturated carbocycles. The lowest BCUT2D eigenvalue weighted by atomic mass is 10.2. The van der Waals surface area contributed by atoms with Crippen LogP contribution in [0.25, 0.3) is 5.69 Å². The summed E-state index contributed by atoms with van der Waals surface area (Å²) in [6, 6.07) is 9.84. The van der Waals surface area contributed by atoms with E-state index < -0.39 is 0 Å². The highest BCUT2D eigenvalue weighted by Crippen LogP contribution is 2.25. The summed E-state index contributed by atoms with van der Waals surface area (Å²) < 4.78 is 1.52. The number of nitrogens with zero attached hydrogens (tertiary/aromatic N) is 4. The molecule has 1 aliphatic rings. The molecule has 144 valence electrons. The Labute approximate surface area is 167 Å². The monoisotopic (exact) mass is 394 g/mol. The lowest BCUT2D eigenvalue weighted by Gasteiger charge is -2.15. The Kier molecular flexibility index (Phi) is 5.57. The Balaban J connectivity index is 1.34. The van der Waals surface area contributed by atoms with Crippen LogP contribution in [-0.4, -0.2) is 37.9 Å². The maximum atomic E-state index is 11.9. The summed E-state index contributed by atoms with van der Waals surface area (Å²) >= 11 is 1.69. The van der Waals surface area contributed by atoms with Crippen LogP contribution < -0.4 is 16.2 Å². The smallest absolute Gasteiger partial charge is 0.255 e. The third kappa shape index (κ3) is 4.33. The Morgan fingerprint density at radius 1 is 1.00 bits per heavy atom. The molecule has 3 aromatic heterocycles. The highest BCUT2D eigenvalue weighted by atomic mass is 32.2. The van der Waals surface area contributed by atoms with E-state index >= 15 is 0 Å². The third-order valence-electron chi connectivity index (χ3n) is 4.83. The average Bonchev–Trinajstić information content (AvgIpc) is 3.16. The maximum absolute atomic E-state index is 11.9. The second kappa shape index (κ2) is 8.43. The van der Waals surface area contributed by atoms with E-state index in [9.17, 15) is 4.79 Å². The van der Waals surface area contributed by atoms with Gasteiger partial charge in [0.25, 0.3) is 5.56 Å². The highest BCUT2D eigenvalue weighted by Gasteiger charge is 2.25. The summed E-state index contributed by atoms with van der Waals surface area (Å²) in [5.41, 5.74) is 0.553. The molecule has 3 heterocycles. The second-order valence-electron chi connectivity index (χ2n) is 6.75. The minimum Gasteiger partial charge on any atom is -0.367 e. The molecule has 7 nitrogen and oxygen atoms in total. The van der Waals surface area contributed by atoms with E-state index in [0.29, 0.717) is 23.7 Å². The zero-order valence-corrected chi connectivity index (χ0v) is 16.4. The minimum atomic E-state index is -0.101. The molecule has 0 amide bonds. The number of hydrogen-bond acceptors (Lipinski definition) is 7. The van der Waals surface area contributed by atoms with Crippen molar-refractivity contribution in [2.75, 3.05) is 16.9 Å². The van der Waals surface area contributed by atoms with Gasteiger partial charge >= 0.3 is 0 Å². The highest BCUT2D eigenvalue weighted by molar-refractivity contribution is 7.98. The van der Waals surface area contributed by atoms with Crippen molar-refractivity contribution in [3.05, 3.63) is 65.5 Å². The molecule has 0 radical (unpaired) electrons.